The molecular formula is C18H18ClF3N4O5S. The van der Waals surface area contributed by atoms with Crippen LogP contribution in [0.5, 0.6) is 0 Å². The Labute approximate surface area is 186 Å². The predicted molar refractivity (Wildman–Crippen MR) is 107 cm³/mol. The summed E-state index contributed by atoms with van der Waals surface area (Å²) in [6.07, 6.45) is -3.19. The molecule has 9 nitrogen and oxygen atoms in total. The van der Waals surface area contributed by atoms with Gasteiger partial charge in [0.25, 0.3) is 5.91 Å². The van der Waals surface area contributed by atoms with Crippen molar-refractivity contribution in [3.8, 4) is 5.69 Å². The zero-order valence-corrected chi connectivity index (χ0v) is 18.2. The first-order chi connectivity index (χ1) is 14.9. The van der Waals surface area contributed by atoms with E-state index in [0.717, 1.165) is 6.26 Å². The van der Waals surface area contributed by atoms with Gasteiger partial charge in [0.2, 0.25) is 10.0 Å². The van der Waals surface area contributed by atoms with Gasteiger partial charge in [-0.25, -0.2) is 17.9 Å². The molecule has 1 aliphatic heterocycles. The second kappa shape index (κ2) is 9.08. The van der Waals surface area contributed by atoms with Crippen LogP contribution in [0.2, 0.25) is 5.02 Å². The van der Waals surface area contributed by atoms with E-state index in [1.807, 2.05) is 0 Å². The highest BCUT2D eigenvalue weighted by Crippen LogP contribution is 2.34. The average Bonchev–Trinajstić information content (AvgIpc) is 3.17. The van der Waals surface area contributed by atoms with Crippen LogP contribution in [-0.2, 0) is 25.7 Å². The Bertz CT molecular complexity index is 1130. The Morgan fingerprint density at radius 2 is 1.84 bits per heavy atom. The lowest BCUT2D eigenvalue weighted by molar-refractivity contribution is -0.143. The van der Waals surface area contributed by atoms with E-state index in [4.69, 9.17) is 16.3 Å². The molecule has 1 amide bonds. The summed E-state index contributed by atoms with van der Waals surface area (Å²) >= 11 is 5.83. The Morgan fingerprint density at radius 1 is 1.19 bits per heavy atom. The zero-order valence-electron chi connectivity index (χ0n) is 16.7. The normalized spacial score (nSPS) is 15.6. The molecule has 1 saturated heterocycles. The molecule has 1 aromatic heterocycles. The lowest BCUT2D eigenvalue weighted by Crippen LogP contribution is -2.51. The number of alkyl halides is 3. The summed E-state index contributed by atoms with van der Waals surface area (Å²) in [7, 11) is -3.39. The molecule has 1 aromatic carbocycles. The van der Waals surface area contributed by atoms with E-state index in [9.17, 15) is 31.2 Å². The first-order valence-electron chi connectivity index (χ1n) is 9.19. The van der Waals surface area contributed by atoms with E-state index < -0.39 is 45.9 Å². The molecule has 0 atom stereocenters. The number of hydrogen-bond donors (Lipinski definition) is 0. The molecule has 0 radical (unpaired) electrons. The Balaban J connectivity index is 1.71. The van der Waals surface area contributed by atoms with Gasteiger partial charge < -0.3 is 9.64 Å². The van der Waals surface area contributed by atoms with Crippen molar-refractivity contribution >= 4 is 33.5 Å². The molecule has 0 bridgehead atoms. The molecule has 174 valence electrons. The number of rotatable bonds is 5. The van der Waals surface area contributed by atoms with Crippen LogP contribution in [0.4, 0.5) is 13.2 Å². The molecule has 14 heteroatoms. The number of benzene rings is 1. The first kappa shape index (κ1) is 24.0. The summed E-state index contributed by atoms with van der Waals surface area (Å²) in [6, 6.07) is 5.49. The number of sulfonamides is 1. The minimum atomic E-state index is -4.95. The lowest BCUT2D eigenvalue weighted by atomic mass is 10.2. The summed E-state index contributed by atoms with van der Waals surface area (Å²) in [5, 5.41) is 3.82. The van der Waals surface area contributed by atoms with Crippen LogP contribution in [-0.4, -0.2) is 78.3 Å². The molecule has 0 unspecified atom stereocenters. The highest BCUT2D eigenvalue weighted by atomic mass is 35.5. The van der Waals surface area contributed by atoms with Crippen molar-refractivity contribution in [2.24, 2.45) is 0 Å². The fourth-order valence-electron chi connectivity index (χ4n) is 3.14. The van der Waals surface area contributed by atoms with Crippen molar-refractivity contribution < 1.29 is 35.9 Å². The number of piperazine rings is 1. The molecule has 1 aliphatic rings. The van der Waals surface area contributed by atoms with Gasteiger partial charge in [0, 0.05) is 31.2 Å². The fraction of sp³-hybridized carbons (Fsp3) is 0.389. The van der Waals surface area contributed by atoms with Crippen LogP contribution in [0.1, 0.15) is 16.1 Å². The third kappa shape index (κ3) is 5.40. The predicted octanol–water partition coefficient (Wildman–Crippen LogP) is 1.81. The van der Waals surface area contributed by atoms with Gasteiger partial charge in [-0.1, -0.05) is 17.7 Å². The number of carbonyl (C=O) groups is 2. The minimum Gasteiger partial charge on any atom is -0.452 e. The van der Waals surface area contributed by atoms with Crippen molar-refractivity contribution in [1.82, 2.24) is 19.0 Å². The van der Waals surface area contributed by atoms with E-state index in [1.165, 1.54) is 33.5 Å². The SMILES string of the molecule is CS(=O)(=O)N1CCN(C(=O)COC(=O)c2cnn(-c3cccc(Cl)c3)c2C(F)(F)F)CC1. The summed E-state index contributed by atoms with van der Waals surface area (Å²) in [4.78, 5) is 25.9. The van der Waals surface area contributed by atoms with E-state index in [2.05, 4.69) is 5.10 Å². The maximum Gasteiger partial charge on any atom is 0.434 e. The van der Waals surface area contributed by atoms with Crippen LogP contribution >= 0.6 is 11.6 Å². The molecule has 2 heterocycles. The van der Waals surface area contributed by atoms with E-state index in [-0.39, 0.29) is 36.9 Å². The number of hydrogen-bond acceptors (Lipinski definition) is 6. The second-order valence-electron chi connectivity index (χ2n) is 6.92. The van der Waals surface area contributed by atoms with Gasteiger partial charge in [-0.05, 0) is 18.2 Å². The second-order valence-corrected chi connectivity index (χ2v) is 9.33. The molecule has 32 heavy (non-hydrogen) atoms. The number of nitrogens with zero attached hydrogens (tertiary/aromatic N) is 4. The fourth-order valence-corrected chi connectivity index (χ4v) is 4.15. The molecule has 1 fully saturated rings. The molecule has 0 spiro atoms. The maximum absolute atomic E-state index is 13.7. The molecule has 2 aromatic rings. The third-order valence-corrected chi connectivity index (χ3v) is 6.24. The Morgan fingerprint density at radius 3 is 2.41 bits per heavy atom. The van der Waals surface area contributed by atoms with Crippen molar-refractivity contribution in [2.45, 2.75) is 6.18 Å². The summed E-state index contributed by atoms with van der Waals surface area (Å²) < 4.78 is 70.6. The molecule has 0 aliphatic carbocycles. The highest BCUT2D eigenvalue weighted by molar-refractivity contribution is 7.88. The van der Waals surface area contributed by atoms with Gasteiger partial charge in [0.15, 0.2) is 12.3 Å². The molecular weight excluding hydrogens is 477 g/mol. The van der Waals surface area contributed by atoms with Crippen molar-refractivity contribution in [2.75, 3.05) is 39.0 Å². The summed E-state index contributed by atoms with van der Waals surface area (Å²) in [5.74, 6) is -2.02. The van der Waals surface area contributed by atoms with Crippen LogP contribution in [0.25, 0.3) is 5.69 Å². The maximum atomic E-state index is 13.7. The largest absolute Gasteiger partial charge is 0.452 e. The zero-order chi connectivity index (χ0) is 23.7. The molecule has 0 N–H and O–H groups in total. The van der Waals surface area contributed by atoms with Gasteiger partial charge in [-0.15, -0.1) is 0 Å². The van der Waals surface area contributed by atoms with Gasteiger partial charge in [-0.3, -0.25) is 4.79 Å². The van der Waals surface area contributed by atoms with Crippen LogP contribution in [0, 0.1) is 0 Å². The van der Waals surface area contributed by atoms with E-state index in [1.54, 1.807) is 0 Å². The summed E-state index contributed by atoms with van der Waals surface area (Å²) in [5.41, 5.74) is -2.23. The van der Waals surface area contributed by atoms with Crippen LogP contribution in [0.15, 0.2) is 30.5 Å². The standard InChI is InChI=1S/C18H18ClF3N4O5S/c1-32(29,30)25-7-5-24(6-8-25)15(27)11-31-17(28)14-10-23-26(16(14)18(20,21)22)13-4-2-3-12(19)9-13/h2-4,9-10H,5-8,11H2,1H3. The number of amides is 1. The number of esters is 1. The average molecular weight is 495 g/mol. The first-order valence-corrected chi connectivity index (χ1v) is 11.4. The molecule has 3 rings (SSSR count). The number of aromatic nitrogens is 2. The summed E-state index contributed by atoms with van der Waals surface area (Å²) in [6.45, 7) is -0.502. The third-order valence-electron chi connectivity index (χ3n) is 4.70. The molecule has 0 saturated carbocycles. The lowest BCUT2D eigenvalue weighted by Gasteiger charge is -2.33. The van der Waals surface area contributed by atoms with E-state index >= 15 is 0 Å². The number of halogens is 4. The quantitative estimate of drug-likeness (QED) is 0.587. The number of ether oxygens (including phenoxy) is 1. The van der Waals surface area contributed by atoms with Crippen molar-refractivity contribution in [1.29, 1.82) is 0 Å². The van der Waals surface area contributed by atoms with Crippen LogP contribution in [0.3, 0.4) is 0 Å². The van der Waals surface area contributed by atoms with Gasteiger partial charge in [-0.2, -0.15) is 22.6 Å². The topological polar surface area (TPSA) is 102 Å². The van der Waals surface area contributed by atoms with Gasteiger partial charge in [0.05, 0.1) is 18.1 Å². The highest BCUT2D eigenvalue weighted by Gasteiger charge is 2.41. The minimum absolute atomic E-state index is 0.0105. The smallest absolute Gasteiger partial charge is 0.434 e. The number of carbonyl (C=O) groups excluding carboxylic acids is 2. The van der Waals surface area contributed by atoms with Crippen molar-refractivity contribution in [3.05, 3.63) is 46.7 Å². The van der Waals surface area contributed by atoms with Crippen molar-refractivity contribution in [3.63, 3.8) is 0 Å². The van der Waals surface area contributed by atoms with Gasteiger partial charge >= 0.3 is 12.1 Å². The Hall–Kier alpha value is -2.64. The Kier molecular flexibility index (Phi) is 6.81. The van der Waals surface area contributed by atoms with E-state index in [0.29, 0.717) is 10.9 Å². The monoisotopic (exact) mass is 494 g/mol. The van der Waals surface area contributed by atoms with Gasteiger partial charge in [0.1, 0.15) is 5.56 Å². The van der Waals surface area contributed by atoms with Crippen LogP contribution < -0.4 is 0 Å².